The van der Waals surface area contributed by atoms with Crippen LogP contribution in [0.15, 0.2) is 51.7 Å². The van der Waals surface area contributed by atoms with Crippen molar-refractivity contribution in [1.82, 2.24) is 4.98 Å². The van der Waals surface area contributed by atoms with Gasteiger partial charge in [0.1, 0.15) is 5.75 Å². The van der Waals surface area contributed by atoms with Gasteiger partial charge in [-0.25, -0.2) is 4.79 Å². The van der Waals surface area contributed by atoms with E-state index in [1.54, 1.807) is 19.2 Å². The Labute approximate surface area is 119 Å². The quantitative estimate of drug-likeness (QED) is 0.751. The molecule has 5 heteroatoms. The van der Waals surface area contributed by atoms with E-state index in [4.69, 9.17) is 20.8 Å². The first-order valence-corrected chi connectivity index (χ1v) is 6.52. The number of aromatic nitrogens is 1. The molecular weight excluding hydrogens is 278 g/mol. The van der Waals surface area contributed by atoms with Crippen molar-refractivity contribution in [3.63, 3.8) is 0 Å². The van der Waals surface area contributed by atoms with Gasteiger partial charge < -0.3 is 9.15 Å². The molecule has 1 aromatic heterocycles. The number of alkyl halides is 1. The Morgan fingerprint density at radius 3 is 2.55 bits per heavy atom. The molecule has 0 bridgehead atoms. The molecule has 0 aliphatic heterocycles. The summed E-state index contributed by atoms with van der Waals surface area (Å²) in [6.45, 7) is 0. The summed E-state index contributed by atoms with van der Waals surface area (Å²) in [5.41, 5.74) is 2.99. The number of hydrogen-bond acceptors (Lipinski definition) is 3. The Morgan fingerprint density at radius 2 is 1.85 bits per heavy atom. The van der Waals surface area contributed by atoms with Gasteiger partial charge in [-0.1, -0.05) is 18.2 Å². The average molecular weight is 290 g/mol. The number of H-pyrrole nitrogens is 1. The van der Waals surface area contributed by atoms with Crippen LogP contribution in [0.5, 0.6) is 5.75 Å². The number of ether oxygens (including phenoxy) is 1. The van der Waals surface area contributed by atoms with Gasteiger partial charge in [-0.3, -0.25) is 4.98 Å². The van der Waals surface area contributed by atoms with Gasteiger partial charge in [0, 0.05) is 0 Å². The lowest BCUT2D eigenvalue weighted by Gasteiger charge is -2.10. The third-order valence-corrected chi connectivity index (χ3v) is 3.65. The minimum atomic E-state index is -0.465. The molecule has 0 aliphatic rings. The number of methoxy groups -OCH3 is 1. The van der Waals surface area contributed by atoms with Gasteiger partial charge in [0.05, 0.1) is 18.0 Å². The highest BCUT2D eigenvalue weighted by atomic mass is 35.5. The largest absolute Gasteiger partial charge is 0.497 e. The van der Waals surface area contributed by atoms with E-state index in [0.29, 0.717) is 11.1 Å². The standard InChI is InChI=1S/C15H12ClNO3/c1-19-11-5-2-9(3-6-11)14(16)10-4-7-12-13(8-10)20-15(18)17-12/h2-8,14H,1H3,(H,17,18). The summed E-state index contributed by atoms with van der Waals surface area (Å²) in [4.78, 5) is 13.7. The topological polar surface area (TPSA) is 55.2 Å². The van der Waals surface area contributed by atoms with Gasteiger partial charge >= 0.3 is 5.76 Å². The van der Waals surface area contributed by atoms with Crippen LogP contribution in [0.4, 0.5) is 0 Å². The number of fused-ring (bicyclic) bond motifs is 1. The zero-order valence-corrected chi connectivity index (χ0v) is 11.5. The molecule has 3 aromatic rings. The highest BCUT2D eigenvalue weighted by Gasteiger charge is 2.13. The Balaban J connectivity index is 1.97. The Hall–Kier alpha value is -2.20. The van der Waals surface area contributed by atoms with Crippen LogP contribution >= 0.6 is 11.6 Å². The van der Waals surface area contributed by atoms with Crippen molar-refractivity contribution in [2.45, 2.75) is 5.38 Å². The monoisotopic (exact) mass is 289 g/mol. The summed E-state index contributed by atoms with van der Waals surface area (Å²) >= 11 is 6.46. The summed E-state index contributed by atoms with van der Waals surface area (Å²) < 4.78 is 10.2. The third-order valence-electron chi connectivity index (χ3n) is 3.15. The van der Waals surface area contributed by atoms with Crippen molar-refractivity contribution in [1.29, 1.82) is 0 Å². The fourth-order valence-corrected chi connectivity index (χ4v) is 2.37. The van der Waals surface area contributed by atoms with E-state index in [2.05, 4.69) is 4.98 Å². The van der Waals surface area contributed by atoms with E-state index in [1.165, 1.54) is 0 Å². The number of rotatable bonds is 3. The average Bonchev–Trinajstić information content (AvgIpc) is 2.85. The molecule has 2 aromatic carbocycles. The molecule has 0 aliphatic carbocycles. The normalized spacial score (nSPS) is 12.5. The lowest BCUT2D eigenvalue weighted by Crippen LogP contribution is -1.93. The minimum Gasteiger partial charge on any atom is -0.497 e. The number of benzene rings is 2. The highest BCUT2D eigenvalue weighted by Crippen LogP contribution is 2.31. The molecule has 1 heterocycles. The molecule has 0 radical (unpaired) electrons. The lowest BCUT2D eigenvalue weighted by atomic mass is 10.0. The molecule has 4 nitrogen and oxygen atoms in total. The van der Waals surface area contributed by atoms with Gasteiger partial charge in [-0.2, -0.15) is 0 Å². The number of hydrogen-bond donors (Lipinski definition) is 1. The summed E-state index contributed by atoms with van der Waals surface area (Å²) in [7, 11) is 1.62. The Bertz CT molecular complexity index is 789. The predicted molar refractivity (Wildman–Crippen MR) is 77.5 cm³/mol. The van der Waals surface area contributed by atoms with Crippen molar-refractivity contribution in [3.05, 3.63) is 64.1 Å². The maximum atomic E-state index is 11.1. The van der Waals surface area contributed by atoms with Crippen LogP contribution in [-0.4, -0.2) is 12.1 Å². The molecule has 3 rings (SSSR count). The van der Waals surface area contributed by atoms with Crippen LogP contribution in [-0.2, 0) is 0 Å². The third kappa shape index (κ3) is 2.30. The van der Waals surface area contributed by atoms with E-state index in [1.807, 2.05) is 30.3 Å². The SMILES string of the molecule is COc1ccc(C(Cl)c2ccc3[nH]c(=O)oc3c2)cc1. The zero-order valence-electron chi connectivity index (χ0n) is 10.7. The second kappa shape index (κ2) is 5.06. The fourth-order valence-electron chi connectivity index (χ4n) is 2.08. The molecule has 1 unspecified atom stereocenters. The lowest BCUT2D eigenvalue weighted by molar-refractivity contribution is 0.414. The Kier molecular flexibility index (Phi) is 3.24. The molecule has 0 amide bonds. The second-order valence-electron chi connectivity index (χ2n) is 4.41. The second-order valence-corrected chi connectivity index (χ2v) is 4.84. The minimum absolute atomic E-state index is 0.314. The van der Waals surface area contributed by atoms with Crippen LogP contribution < -0.4 is 10.5 Å². The summed E-state index contributed by atoms with van der Waals surface area (Å²) in [6.07, 6.45) is 0. The van der Waals surface area contributed by atoms with Gasteiger partial charge in [-0.15, -0.1) is 11.6 Å². The molecule has 1 N–H and O–H groups in total. The maximum Gasteiger partial charge on any atom is 0.417 e. The number of nitrogens with one attached hydrogen (secondary N) is 1. The molecule has 1 atom stereocenters. The first-order chi connectivity index (χ1) is 9.67. The van der Waals surface area contributed by atoms with Crippen LogP contribution in [0.2, 0.25) is 0 Å². The molecule has 0 spiro atoms. The number of oxazole rings is 1. The van der Waals surface area contributed by atoms with Gasteiger partial charge in [0.25, 0.3) is 0 Å². The van der Waals surface area contributed by atoms with Gasteiger partial charge in [0.15, 0.2) is 5.58 Å². The van der Waals surface area contributed by atoms with Crippen molar-refractivity contribution in [3.8, 4) is 5.75 Å². The molecule has 0 saturated carbocycles. The Morgan fingerprint density at radius 1 is 1.15 bits per heavy atom. The molecule has 102 valence electrons. The van der Waals surface area contributed by atoms with E-state index in [-0.39, 0.29) is 5.38 Å². The molecular formula is C15H12ClNO3. The van der Waals surface area contributed by atoms with Crippen LogP contribution in [0.3, 0.4) is 0 Å². The maximum absolute atomic E-state index is 11.1. The zero-order chi connectivity index (χ0) is 14.1. The van der Waals surface area contributed by atoms with Crippen LogP contribution in [0.25, 0.3) is 11.1 Å². The molecule has 0 saturated heterocycles. The van der Waals surface area contributed by atoms with Crippen molar-refractivity contribution < 1.29 is 9.15 Å². The molecule has 0 fully saturated rings. The van der Waals surface area contributed by atoms with E-state index in [9.17, 15) is 4.79 Å². The fraction of sp³-hybridized carbons (Fsp3) is 0.133. The van der Waals surface area contributed by atoms with Crippen LogP contribution in [0.1, 0.15) is 16.5 Å². The predicted octanol–water partition coefficient (Wildman–Crippen LogP) is 3.46. The van der Waals surface area contributed by atoms with Crippen LogP contribution in [0, 0.1) is 0 Å². The first-order valence-electron chi connectivity index (χ1n) is 6.08. The number of aromatic amines is 1. The first kappa shape index (κ1) is 12.8. The summed E-state index contributed by atoms with van der Waals surface area (Å²) in [5, 5.41) is -0.314. The van der Waals surface area contributed by atoms with E-state index in [0.717, 1.165) is 16.9 Å². The highest BCUT2D eigenvalue weighted by molar-refractivity contribution is 6.22. The smallest absolute Gasteiger partial charge is 0.417 e. The van der Waals surface area contributed by atoms with Gasteiger partial charge in [0.2, 0.25) is 0 Å². The van der Waals surface area contributed by atoms with Crippen molar-refractivity contribution in [2.75, 3.05) is 7.11 Å². The number of halogens is 1. The van der Waals surface area contributed by atoms with E-state index >= 15 is 0 Å². The summed E-state index contributed by atoms with van der Waals surface area (Å²) in [6, 6.07) is 13.0. The van der Waals surface area contributed by atoms with Crippen molar-refractivity contribution >= 4 is 22.7 Å². The molecule has 20 heavy (non-hydrogen) atoms. The van der Waals surface area contributed by atoms with Crippen molar-refractivity contribution in [2.24, 2.45) is 0 Å². The summed E-state index contributed by atoms with van der Waals surface area (Å²) in [5.74, 6) is 0.317. The van der Waals surface area contributed by atoms with E-state index < -0.39 is 5.76 Å². The van der Waals surface area contributed by atoms with Gasteiger partial charge in [-0.05, 0) is 35.4 Å².